The van der Waals surface area contributed by atoms with Crippen molar-refractivity contribution in [1.29, 1.82) is 0 Å². The second-order valence-electron chi connectivity index (χ2n) is 5.43. The number of carbonyl (C=O) groups excluding carboxylic acids is 1. The van der Waals surface area contributed by atoms with E-state index in [0.29, 0.717) is 10.8 Å². The summed E-state index contributed by atoms with van der Waals surface area (Å²) in [5.41, 5.74) is 0.975. The van der Waals surface area contributed by atoms with Crippen molar-refractivity contribution in [3.05, 3.63) is 65.2 Å². The number of esters is 1. The lowest BCUT2D eigenvalue weighted by atomic mass is 10.1. The first-order chi connectivity index (χ1) is 10.7. The zero-order valence-corrected chi connectivity index (χ0v) is 13.0. The minimum Gasteiger partial charge on any atom is -0.425 e. The summed E-state index contributed by atoms with van der Waals surface area (Å²) < 4.78 is 5.56. The van der Waals surface area contributed by atoms with E-state index in [1.54, 1.807) is 24.3 Å². The van der Waals surface area contributed by atoms with E-state index >= 15 is 0 Å². The fourth-order valence-electron chi connectivity index (χ4n) is 2.81. The quantitative estimate of drug-likeness (QED) is 0.629. The molecule has 1 saturated heterocycles. The Bertz CT molecular complexity index is 621. The Hall–Kier alpha value is -1.84. The van der Waals surface area contributed by atoms with Gasteiger partial charge in [0, 0.05) is 5.02 Å². The van der Waals surface area contributed by atoms with Crippen LogP contribution in [0, 0.1) is 0 Å². The number of likely N-dealkylation sites (tertiary alicyclic amines) is 1. The Kier molecular flexibility index (Phi) is 4.76. The molecule has 0 aliphatic carbocycles. The van der Waals surface area contributed by atoms with Gasteiger partial charge in [-0.3, -0.25) is 4.90 Å². The van der Waals surface area contributed by atoms with Gasteiger partial charge in [-0.2, -0.15) is 0 Å². The predicted octanol–water partition coefficient (Wildman–Crippen LogP) is 4.08. The van der Waals surface area contributed by atoms with E-state index in [9.17, 15) is 4.79 Å². The first-order valence-corrected chi connectivity index (χ1v) is 7.88. The van der Waals surface area contributed by atoms with Crippen molar-refractivity contribution in [1.82, 2.24) is 4.90 Å². The Labute approximate surface area is 135 Å². The van der Waals surface area contributed by atoms with Crippen LogP contribution in [0.3, 0.4) is 0 Å². The van der Waals surface area contributed by atoms with E-state index in [1.165, 1.54) is 0 Å². The Morgan fingerprint density at radius 2 is 1.64 bits per heavy atom. The summed E-state index contributed by atoms with van der Waals surface area (Å²) >= 11 is 5.86. The molecule has 114 valence electrons. The van der Waals surface area contributed by atoms with E-state index in [-0.39, 0.29) is 12.0 Å². The van der Waals surface area contributed by atoms with Crippen LogP contribution >= 0.6 is 11.6 Å². The molecular weight excluding hydrogens is 298 g/mol. The minimum atomic E-state index is -0.348. The first-order valence-electron chi connectivity index (χ1n) is 7.50. The highest BCUT2D eigenvalue weighted by Gasteiger charge is 2.31. The smallest absolute Gasteiger partial charge is 0.333 e. The maximum atomic E-state index is 12.7. The lowest BCUT2D eigenvalue weighted by Crippen LogP contribution is -2.34. The molecule has 1 heterocycles. The summed E-state index contributed by atoms with van der Waals surface area (Å²) in [5, 5.41) is 0.624. The van der Waals surface area contributed by atoms with Gasteiger partial charge in [-0.15, -0.1) is 0 Å². The lowest BCUT2D eigenvalue weighted by molar-refractivity contribution is -0.140. The number of hydrogen-bond donors (Lipinski definition) is 0. The molecule has 0 N–H and O–H groups in total. The van der Waals surface area contributed by atoms with Crippen LogP contribution < -0.4 is 4.74 Å². The van der Waals surface area contributed by atoms with Crippen LogP contribution in [0.15, 0.2) is 54.6 Å². The van der Waals surface area contributed by atoms with Crippen molar-refractivity contribution < 1.29 is 9.53 Å². The topological polar surface area (TPSA) is 29.5 Å². The SMILES string of the molecule is O=C(Oc1ccc(Cl)cc1)C(c1ccccc1)N1CCCC1. The highest BCUT2D eigenvalue weighted by Crippen LogP contribution is 2.27. The molecule has 0 aromatic heterocycles. The number of nitrogens with zero attached hydrogens (tertiary/aromatic N) is 1. The predicted molar refractivity (Wildman–Crippen MR) is 87.1 cm³/mol. The summed E-state index contributed by atoms with van der Waals surface area (Å²) in [4.78, 5) is 14.9. The van der Waals surface area contributed by atoms with Crippen molar-refractivity contribution >= 4 is 17.6 Å². The van der Waals surface area contributed by atoms with E-state index in [0.717, 1.165) is 31.5 Å². The van der Waals surface area contributed by atoms with Crippen molar-refractivity contribution in [2.75, 3.05) is 13.1 Å². The summed E-state index contributed by atoms with van der Waals surface area (Å²) in [7, 11) is 0. The van der Waals surface area contributed by atoms with Crippen molar-refractivity contribution in [3.63, 3.8) is 0 Å². The number of rotatable bonds is 4. The van der Waals surface area contributed by atoms with Gasteiger partial charge in [0.1, 0.15) is 11.8 Å². The van der Waals surface area contributed by atoms with E-state index in [4.69, 9.17) is 16.3 Å². The molecule has 0 bridgehead atoms. The number of ether oxygens (including phenoxy) is 1. The van der Waals surface area contributed by atoms with Crippen LogP contribution in [-0.2, 0) is 4.79 Å². The molecule has 1 aliphatic heterocycles. The number of benzene rings is 2. The fraction of sp³-hybridized carbons (Fsp3) is 0.278. The molecule has 0 spiro atoms. The highest BCUT2D eigenvalue weighted by atomic mass is 35.5. The third-order valence-electron chi connectivity index (χ3n) is 3.88. The summed E-state index contributed by atoms with van der Waals surface area (Å²) in [6, 6.07) is 16.3. The number of hydrogen-bond acceptors (Lipinski definition) is 3. The standard InChI is InChI=1S/C18H18ClNO2/c19-15-8-10-16(11-9-15)22-18(21)17(20-12-4-5-13-20)14-6-2-1-3-7-14/h1-3,6-11,17H,4-5,12-13H2. The van der Waals surface area contributed by atoms with Gasteiger partial charge in [0.2, 0.25) is 0 Å². The monoisotopic (exact) mass is 315 g/mol. The van der Waals surface area contributed by atoms with Gasteiger partial charge in [-0.1, -0.05) is 41.9 Å². The minimum absolute atomic E-state index is 0.240. The summed E-state index contributed by atoms with van der Waals surface area (Å²) in [6.45, 7) is 1.85. The molecule has 0 amide bonds. The largest absolute Gasteiger partial charge is 0.425 e. The van der Waals surface area contributed by atoms with Crippen molar-refractivity contribution in [3.8, 4) is 5.75 Å². The zero-order valence-electron chi connectivity index (χ0n) is 12.2. The molecule has 4 heteroatoms. The van der Waals surface area contributed by atoms with Crippen LogP contribution in [0.25, 0.3) is 0 Å². The van der Waals surface area contributed by atoms with Crippen LogP contribution in [0.5, 0.6) is 5.75 Å². The van der Waals surface area contributed by atoms with Crippen molar-refractivity contribution in [2.45, 2.75) is 18.9 Å². The molecule has 1 fully saturated rings. The van der Waals surface area contributed by atoms with Crippen LogP contribution in [0.1, 0.15) is 24.4 Å². The molecule has 2 aromatic rings. The maximum Gasteiger partial charge on any atom is 0.333 e. The van der Waals surface area contributed by atoms with Gasteiger partial charge in [0.15, 0.2) is 0 Å². The molecule has 0 radical (unpaired) electrons. The second kappa shape index (κ2) is 6.95. The Morgan fingerprint density at radius 3 is 2.27 bits per heavy atom. The number of carbonyl (C=O) groups is 1. The average molecular weight is 316 g/mol. The van der Waals surface area contributed by atoms with Gasteiger partial charge in [0.25, 0.3) is 0 Å². The van der Waals surface area contributed by atoms with E-state index in [2.05, 4.69) is 4.90 Å². The molecule has 1 aliphatic rings. The Morgan fingerprint density at radius 1 is 1.00 bits per heavy atom. The highest BCUT2D eigenvalue weighted by molar-refractivity contribution is 6.30. The van der Waals surface area contributed by atoms with Gasteiger partial charge in [0.05, 0.1) is 0 Å². The van der Waals surface area contributed by atoms with Crippen LogP contribution in [0.4, 0.5) is 0 Å². The zero-order chi connectivity index (χ0) is 15.4. The first kappa shape index (κ1) is 15.1. The lowest BCUT2D eigenvalue weighted by Gasteiger charge is -2.26. The molecule has 2 aromatic carbocycles. The fourth-order valence-corrected chi connectivity index (χ4v) is 2.93. The summed E-state index contributed by atoms with van der Waals surface area (Å²) in [5.74, 6) is 0.282. The normalized spacial score (nSPS) is 16.4. The van der Waals surface area contributed by atoms with E-state index < -0.39 is 0 Å². The summed E-state index contributed by atoms with van der Waals surface area (Å²) in [6.07, 6.45) is 2.25. The van der Waals surface area contributed by atoms with Gasteiger partial charge in [-0.25, -0.2) is 4.79 Å². The third kappa shape index (κ3) is 3.49. The van der Waals surface area contributed by atoms with Gasteiger partial charge >= 0.3 is 5.97 Å². The van der Waals surface area contributed by atoms with Crippen molar-refractivity contribution in [2.24, 2.45) is 0 Å². The maximum absolute atomic E-state index is 12.7. The van der Waals surface area contributed by atoms with Crippen LogP contribution in [0.2, 0.25) is 5.02 Å². The second-order valence-corrected chi connectivity index (χ2v) is 5.87. The third-order valence-corrected chi connectivity index (χ3v) is 4.13. The molecule has 1 atom stereocenters. The number of halogens is 1. The Balaban J connectivity index is 1.82. The van der Waals surface area contributed by atoms with Gasteiger partial charge in [-0.05, 0) is 55.8 Å². The molecule has 0 saturated carbocycles. The molecule has 1 unspecified atom stereocenters. The molecule has 3 rings (SSSR count). The average Bonchev–Trinajstić information content (AvgIpc) is 3.05. The molecule has 22 heavy (non-hydrogen) atoms. The van der Waals surface area contributed by atoms with E-state index in [1.807, 2.05) is 30.3 Å². The van der Waals surface area contributed by atoms with Crippen LogP contribution in [-0.4, -0.2) is 24.0 Å². The van der Waals surface area contributed by atoms with Gasteiger partial charge < -0.3 is 4.74 Å². The molecular formula is C18H18ClNO2. The molecule has 3 nitrogen and oxygen atoms in total.